The second-order valence-electron chi connectivity index (χ2n) is 4.15. The molecule has 0 aromatic carbocycles. The fraction of sp³-hybridized carbons (Fsp3) is 0.923. The summed E-state index contributed by atoms with van der Waals surface area (Å²) in [6.07, 6.45) is 10.3. The molecule has 0 aromatic heterocycles. The van der Waals surface area contributed by atoms with Gasteiger partial charge in [0, 0.05) is 0 Å². The lowest BCUT2D eigenvalue weighted by Gasteiger charge is -2.06. The molecule has 0 aliphatic carbocycles. The third-order valence-electron chi connectivity index (χ3n) is 2.64. The Kier molecular flexibility index (Phi) is 11.0. The normalized spacial score (nSPS) is 13.1. The zero-order valence-electron chi connectivity index (χ0n) is 9.73. The van der Waals surface area contributed by atoms with Crippen molar-refractivity contribution in [2.45, 2.75) is 77.3 Å². The van der Waals surface area contributed by atoms with Crippen LogP contribution in [0, 0.1) is 6.92 Å². The molecular weight excluding hydrogens is 175 g/mol. The van der Waals surface area contributed by atoms with E-state index in [1.54, 1.807) is 0 Å². The Bertz CT molecular complexity index is 101. The largest absolute Gasteiger partial charge is 0.247 e. The fourth-order valence-electron chi connectivity index (χ4n) is 1.66. The summed E-state index contributed by atoms with van der Waals surface area (Å²) >= 11 is 0. The van der Waals surface area contributed by atoms with Crippen molar-refractivity contribution in [2.24, 2.45) is 0 Å². The summed E-state index contributed by atoms with van der Waals surface area (Å²) in [4.78, 5) is 0. The predicted molar refractivity (Wildman–Crippen MR) is 62.1 cm³/mol. The molecule has 0 bridgehead atoms. The van der Waals surface area contributed by atoms with Gasteiger partial charge in [-0.15, -0.1) is 0 Å². The van der Waals surface area contributed by atoms with Gasteiger partial charge in [0.2, 0.25) is 0 Å². The third-order valence-corrected chi connectivity index (χ3v) is 2.64. The Morgan fingerprint density at radius 2 is 1.50 bits per heavy atom. The summed E-state index contributed by atoms with van der Waals surface area (Å²) in [6, 6.07) is 0. The lowest BCUT2D eigenvalue weighted by atomic mass is 10.0. The van der Waals surface area contributed by atoms with Crippen molar-refractivity contribution in [3.63, 3.8) is 0 Å². The minimum Gasteiger partial charge on any atom is -0.247 e. The van der Waals surface area contributed by atoms with Crippen LogP contribution >= 0.6 is 0 Å². The van der Waals surface area contributed by atoms with Crippen LogP contribution in [0.3, 0.4) is 0 Å². The van der Waals surface area contributed by atoms with Gasteiger partial charge in [-0.1, -0.05) is 65.2 Å². The zero-order chi connectivity index (χ0) is 10.6. The van der Waals surface area contributed by atoms with Crippen LogP contribution in [0.1, 0.15) is 71.1 Å². The molecule has 0 N–H and O–H groups in total. The van der Waals surface area contributed by atoms with E-state index in [0.717, 1.165) is 32.1 Å². The highest BCUT2D eigenvalue weighted by Crippen LogP contribution is 2.14. The maximum Gasteiger partial charge on any atom is 0.100 e. The molecule has 0 amide bonds. The SMILES string of the molecule is [CH2]CCCC(F)CCCCCCCC. The van der Waals surface area contributed by atoms with Gasteiger partial charge in [0.25, 0.3) is 0 Å². The van der Waals surface area contributed by atoms with Crippen LogP contribution in [-0.4, -0.2) is 6.17 Å². The third kappa shape index (κ3) is 10.0. The molecule has 0 saturated carbocycles. The van der Waals surface area contributed by atoms with Gasteiger partial charge in [-0.3, -0.25) is 0 Å². The van der Waals surface area contributed by atoms with Crippen LogP contribution in [0.5, 0.6) is 0 Å². The first-order valence-electron chi connectivity index (χ1n) is 6.24. The van der Waals surface area contributed by atoms with Gasteiger partial charge in [0.1, 0.15) is 6.17 Å². The van der Waals surface area contributed by atoms with Crippen molar-refractivity contribution < 1.29 is 4.39 Å². The summed E-state index contributed by atoms with van der Waals surface area (Å²) in [5.41, 5.74) is 0. The Morgan fingerprint density at radius 1 is 0.929 bits per heavy atom. The van der Waals surface area contributed by atoms with Crippen molar-refractivity contribution in [1.29, 1.82) is 0 Å². The maximum atomic E-state index is 13.1. The number of unbranched alkanes of at least 4 members (excludes halogenated alkanes) is 6. The van der Waals surface area contributed by atoms with Gasteiger partial charge < -0.3 is 0 Å². The lowest BCUT2D eigenvalue weighted by molar-refractivity contribution is 0.282. The van der Waals surface area contributed by atoms with Crippen molar-refractivity contribution in [3.05, 3.63) is 6.92 Å². The average molecular weight is 201 g/mol. The topological polar surface area (TPSA) is 0 Å². The molecule has 1 atom stereocenters. The van der Waals surface area contributed by atoms with E-state index in [1.165, 1.54) is 32.1 Å². The molecule has 0 aliphatic rings. The van der Waals surface area contributed by atoms with Gasteiger partial charge in [0.05, 0.1) is 0 Å². The van der Waals surface area contributed by atoms with Gasteiger partial charge in [-0.2, -0.15) is 0 Å². The summed E-state index contributed by atoms with van der Waals surface area (Å²) in [7, 11) is 0. The molecule has 0 saturated heterocycles. The summed E-state index contributed by atoms with van der Waals surface area (Å²) < 4.78 is 13.1. The van der Waals surface area contributed by atoms with Crippen LogP contribution in [0.2, 0.25) is 0 Å². The van der Waals surface area contributed by atoms with Gasteiger partial charge >= 0.3 is 0 Å². The molecule has 14 heavy (non-hydrogen) atoms. The van der Waals surface area contributed by atoms with Crippen LogP contribution in [0.25, 0.3) is 0 Å². The van der Waals surface area contributed by atoms with E-state index >= 15 is 0 Å². The lowest BCUT2D eigenvalue weighted by Crippen LogP contribution is -1.99. The number of rotatable bonds is 10. The minimum absolute atomic E-state index is 0.567. The Balaban J connectivity index is 3.02. The molecule has 1 radical (unpaired) electrons. The van der Waals surface area contributed by atoms with Crippen LogP contribution < -0.4 is 0 Å². The molecule has 0 heterocycles. The van der Waals surface area contributed by atoms with Gasteiger partial charge in [0.15, 0.2) is 0 Å². The van der Waals surface area contributed by atoms with Gasteiger partial charge in [-0.25, -0.2) is 4.39 Å². The molecule has 0 spiro atoms. The first-order chi connectivity index (χ1) is 6.81. The van der Waals surface area contributed by atoms with E-state index in [-0.39, 0.29) is 0 Å². The smallest absolute Gasteiger partial charge is 0.100 e. The highest BCUT2D eigenvalue weighted by molar-refractivity contribution is 4.57. The molecule has 1 heteroatoms. The van der Waals surface area contributed by atoms with Crippen LogP contribution in [0.15, 0.2) is 0 Å². The summed E-state index contributed by atoms with van der Waals surface area (Å²) in [5.74, 6) is 0. The van der Waals surface area contributed by atoms with E-state index in [2.05, 4.69) is 13.8 Å². The summed E-state index contributed by atoms with van der Waals surface area (Å²) in [5, 5.41) is 0. The first kappa shape index (κ1) is 13.9. The molecule has 0 nitrogen and oxygen atoms in total. The summed E-state index contributed by atoms with van der Waals surface area (Å²) in [6.45, 7) is 5.94. The number of hydrogen-bond donors (Lipinski definition) is 0. The Labute approximate surface area is 89.3 Å². The van der Waals surface area contributed by atoms with Gasteiger partial charge in [-0.05, 0) is 12.8 Å². The van der Waals surface area contributed by atoms with Crippen LogP contribution in [0.4, 0.5) is 4.39 Å². The number of hydrogen-bond acceptors (Lipinski definition) is 0. The number of alkyl halides is 1. The Hall–Kier alpha value is -0.0700. The quantitative estimate of drug-likeness (QED) is 0.432. The fourth-order valence-corrected chi connectivity index (χ4v) is 1.66. The molecule has 0 aromatic rings. The van der Waals surface area contributed by atoms with E-state index < -0.39 is 6.17 Å². The standard InChI is InChI=1S/C13H26F/c1-3-5-7-8-9-10-12-13(14)11-6-4-2/h13H,2-12H2,1H3. The van der Waals surface area contributed by atoms with Crippen molar-refractivity contribution in [1.82, 2.24) is 0 Å². The zero-order valence-corrected chi connectivity index (χ0v) is 9.73. The van der Waals surface area contributed by atoms with Crippen molar-refractivity contribution >= 4 is 0 Å². The molecule has 85 valence electrons. The van der Waals surface area contributed by atoms with E-state index in [0.29, 0.717) is 0 Å². The molecular formula is C13H26F. The van der Waals surface area contributed by atoms with Crippen LogP contribution in [-0.2, 0) is 0 Å². The highest BCUT2D eigenvalue weighted by Gasteiger charge is 2.04. The molecule has 1 unspecified atom stereocenters. The number of halogens is 1. The molecule has 0 rings (SSSR count). The molecule has 0 fully saturated rings. The monoisotopic (exact) mass is 201 g/mol. The second kappa shape index (κ2) is 11.0. The van der Waals surface area contributed by atoms with E-state index in [4.69, 9.17) is 0 Å². The minimum atomic E-state index is -0.567. The maximum absolute atomic E-state index is 13.1. The van der Waals surface area contributed by atoms with Crippen molar-refractivity contribution in [2.75, 3.05) is 0 Å². The Morgan fingerprint density at radius 3 is 2.14 bits per heavy atom. The first-order valence-corrected chi connectivity index (χ1v) is 6.24. The van der Waals surface area contributed by atoms with E-state index in [1.807, 2.05) is 0 Å². The molecule has 0 aliphatic heterocycles. The second-order valence-corrected chi connectivity index (χ2v) is 4.15. The highest BCUT2D eigenvalue weighted by atomic mass is 19.1. The predicted octanol–water partition coefficient (Wildman–Crippen LogP) is 5.08. The van der Waals surface area contributed by atoms with Crippen molar-refractivity contribution in [3.8, 4) is 0 Å². The average Bonchev–Trinajstić information content (AvgIpc) is 2.20. The van der Waals surface area contributed by atoms with E-state index in [9.17, 15) is 4.39 Å².